The number of ether oxygens (including phenoxy) is 1. The van der Waals surface area contributed by atoms with Crippen molar-refractivity contribution in [2.75, 3.05) is 6.61 Å². The van der Waals surface area contributed by atoms with Crippen molar-refractivity contribution in [2.24, 2.45) is 0 Å². The molecule has 2 aromatic heterocycles. The second-order valence-corrected chi connectivity index (χ2v) is 5.15. The molecular weight excluding hydrogens is 290 g/mol. The Balaban J connectivity index is 1.45. The molecule has 0 saturated carbocycles. The van der Waals surface area contributed by atoms with Crippen LogP contribution in [0.2, 0.25) is 0 Å². The molecular formula is C19H17NO3. The van der Waals surface area contributed by atoms with Gasteiger partial charge in [0.25, 0.3) is 0 Å². The molecule has 0 fully saturated rings. The van der Waals surface area contributed by atoms with Gasteiger partial charge < -0.3 is 9.15 Å². The summed E-state index contributed by atoms with van der Waals surface area (Å²) in [4.78, 5) is 15.7. The molecule has 3 rings (SSSR count). The lowest BCUT2D eigenvalue weighted by atomic mass is 10.2. The molecule has 0 aliphatic rings. The predicted molar refractivity (Wildman–Crippen MR) is 88.8 cm³/mol. The van der Waals surface area contributed by atoms with Crippen LogP contribution < -0.4 is 0 Å². The summed E-state index contributed by atoms with van der Waals surface area (Å²) < 4.78 is 10.8. The molecule has 23 heavy (non-hydrogen) atoms. The number of aromatic nitrogens is 1. The zero-order chi connectivity index (χ0) is 15.9. The molecule has 2 heterocycles. The lowest BCUT2D eigenvalue weighted by molar-refractivity contribution is -0.137. The van der Waals surface area contributed by atoms with E-state index in [-0.39, 0.29) is 5.97 Å². The second-order valence-electron chi connectivity index (χ2n) is 5.15. The number of benzene rings is 1. The summed E-state index contributed by atoms with van der Waals surface area (Å²) in [5.41, 5.74) is 1.94. The van der Waals surface area contributed by atoms with Crippen molar-refractivity contribution in [3.8, 4) is 0 Å². The number of pyridine rings is 1. The van der Waals surface area contributed by atoms with Crippen LogP contribution in [0.3, 0.4) is 0 Å². The van der Waals surface area contributed by atoms with Crippen molar-refractivity contribution < 1.29 is 13.9 Å². The van der Waals surface area contributed by atoms with Crippen LogP contribution in [0.15, 0.2) is 65.4 Å². The van der Waals surface area contributed by atoms with Gasteiger partial charge in [-0.1, -0.05) is 24.3 Å². The average Bonchev–Trinajstić information content (AvgIpc) is 3.01. The van der Waals surface area contributed by atoms with Gasteiger partial charge in [0.1, 0.15) is 11.3 Å². The molecule has 0 saturated heterocycles. The topological polar surface area (TPSA) is 52.3 Å². The minimum atomic E-state index is -0.364. The number of esters is 1. The molecule has 0 unspecified atom stereocenters. The minimum Gasteiger partial charge on any atom is -0.463 e. The number of hydrogen-bond donors (Lipinski definition) is 0. The van der Waals surface area contributed by atoms with Crippen LogP contribution in [-0.4, -0.2) is 17.6 Å². The first-order chi connectivity index (χ1) is 11.3. The molecule has 0 N–H and O–H groups in total. The van der Waals surface area contributed by atoms with Gasteiger partial charge in [-0.25, -0.2) is 4.79 Å². The summed E-state index contributed by atoms with van der Waals surface area (Å²) in [6.07, 6.45) is 8.20. The van der Waals surface area contributed by atoms with E-state index in [9.17, 15) is 4.79 Å². The van der Waals surface area contributed by atoms with Gasteiger partial charge >= 0.3 is 5.97 Å². The van der Waals surface area contributed by atoms with Crippen molar-refractivity contribution >= 4 is 23.0 Å². The lowest BCUT2D eigenvalue weighted by Gasteiger charge is -2.01. The van der Waals surface area contributed by atoms with Gasteiger partial charge in [-0.05, 0) is 42.7 Å². The molecule has 0 spiro atoms. The quantitative estimate of drug-likeness (QED) is 0.392. The second kappa shape index (κ2) is 7.40. The normalized spacial score (nSPS) is 11.1. The van der Waals surface area contributed by atoms with E-state index in [0.717, 1.165) is 29.4 Å². The zero-order valence-corrected chi connectivity index (χ0v) is 12.6. The zero-order valence-electron chi connectivity index (χ0n) is 12.6. The summed E-state index contributed by atoms with van der Waals surface area (Å²) in [6, 6.07) is 13.5. The Hall–Kier alpha value is -2.88. The van der Waals surface area contributed by atoms with Crippen molar-refractivity contribution in [3.05, 3.63) is 72.3 Å². The van der Waals surface area contributed by atoms with Crippen LogP contribution in [0.1, 0.15) is 17.7 Å². The van der Waals surface area contributed by atoms with Gasteiger partial charge in [0, 0.05) is 23.9 Å². The molecule has 1 aromatic carbocycles. The summed E-state index contributed by atoms with van der Waals surface area (Å²) in [6.45, 7) is 0.387. The molecule has 116 valence electrons. The maximum atomic E-state index is 11.7. The van der Waals surface area contributed by atoms with Crippen molar-refractivity contribution in [2.45, 2.75) is 12.8 Å². The molecule has 0 aliphatic heterocycles. The largest absolute Gasteiger partial charge is 0.463 e. The third-order valence-electron chi connectivity index (χ3n) is 3.41. The van der Waals surface area contributed by atoms with Crippen LogP contribution in [0.5, 0.6) is 0 Å². The Morgan fingerprint density at radius 1 is 1.22 bits per heavy atom. The summed E-state index contributed by atoms with van der Waals surface area (Å²) in [5.74, 6) is 0.273. The van der Waals surface area contributed by atoms with E-state index < -0.39 is 0 Å². The number of furan rings is 1. The Morgan fingerprint density at radius 3 is 2.96 bits per heavy atom. The van der Waals surface area contributed by atoms with E-state index in [1.54, 1.807) is 12.3 Å². The summed E-state index contributed by atoms with van der Waals surface area (Å²) >= 11 is 0. The first-order valence-electron chi connectivity index (χ1n) is 7.53. The van der Waals surface area contributed by atoms with Crippen molar-refractivity contribution in [1.82, 2.24) is 4.98 Å². The predicted octanol–water partition coefficient (Wildman–Crippen LogP) is 4.02. The number of aryl methyl sites for hydroxylation is 1. The maximum absolute atomic E-state index is 11.7. The number of para-hydroxylation sites is 1. The molecule has 0 amide bonds. The van der Waals surface area contributed by atoms with Gasteiger partial charge in [0.05, 0.1) is 6.61 Å². The van der Waals surface area contributed by atoms with E-state index in [0.29, 0.717) is 12.4 Å². The number of rotatable bonds is 6. The summed E-state index contributed by atoms with van der Waals surface area (Å²) in [7, 11) is 0. The van der Waals surface area contributed by atoms with Crippen molar-refractivity contribution in [3.63, 3.8) is 0 Å². The van der Waals surface area contributed by atoms with E-state index in [1.165, 1.54) is 6.08 Å². The highest BCUT2D eigenvalue weighted by Crippen LogP contribution is 2.19. The minimum absolute atomic E-state index is 0.364. The fourth-order valence-electron chi connectivity index (χ4n) is 2.28. The van der Waals surface area contributed by atoms with Crippen LogP contribution >= 0.6 is 0 Å². The number of nitrogens with zero attached hydrogens (tertiary/aromatic N) is 1. The first kappa shape index (κ1) is 15.0. The third kappa shape index (κ3) is 4.30. The number of carbonyl (C=O) groups excluding carboxylic acids is 1. The highest BCUT2D eigenvalue weighted by Gasteiger charge is 2.02. The van der Waals surface area contributed by atoms with E-state index in [4.69, 9.17) is 9.15 Å². The van der Waals surface area contributed by atoms with Crippen LogP contribution in [0.4, 0.5) is 0 Å². The van der Waals surface area contributed by atoms with E-state index in [2.05, 4.69) is 4.98 Å². The lowest BCUT2D eigenvalue weighted by Crippen LogP contribution is -2.03. The number of fused-ring (bicyclic) bond motifs is 1. The molecule has 4 nitrogen and oxygen atoms in total. The van der Waals surface area contributed by atoms with Gasteiger partial charge in [0.15, 0.2) is 0 Å². The molecule has 0 bridgehead atoms. The van der Waals surface area contributed by atoms with Gasteiger partial charge in [0.2, 0.25) is 0 Å². The Morgan fingerprint density at radius 2 is 2.13 bits per heavy atom. The fraction of sp³-hybridized carbons (Fsp3) is 0.158. The SMILES string of the molecule is O=C(/C=C/c1cc2ccccc2o1)OCCCc1cccnc1. The Kier molecular flexibility index (Phi) is 4.84. The maximum Gasteiger partial charge on any atom is 0.330 e. The Bertz CT molecular complexity index is 773. The van der Waals surface area contributed by atoms with Gasteiger partial charge in [-0.3, -0.25) is 4.98 Å². The standard InChI is InChI=1S/C19H17NO3/c21-19(22-12-4-6-15-5-3-11-20-14-15)10-9-17-13-16-7-1-2-8-18(16)23-17/h1-3,5,7-11,13-14H,4,6,12H2/b10-9+. The smallest absolute Gasteiger partial charge is 0.330 e. The van der Waals surface area contributed by atoms with E-state index >= 15 is 0 Å². The molecule has 0 aliphatic carbocycles. The highest BCUT2D eigenvalue weighted by molar-refractivity contribution is 5.88. The van der Waals surface area contributed by atoms with Crippen LogP contribution in [0.25, 0.3) is 17.0 Å². The molecule has 0 radical (unpaired) electrons. The van der Waals surface area contributed by atoms with Gasteiger partial charge in [-0.15, -0.1) is 0 Å². The third-order valence-corrected chi connectivity index (χ3v) is 3.41. The van der Waals surface area contributed by atoms with Gasteiger partial charge in [-0.2, -0.15) is 0 Å². The highest BCUT2D eigenvalue weighted by atomic mass is 16.5. The van der Waals surface area contributed by atoms with Crippen LogP contribution in [-0.2, 0) is 16.0 Å². The van der Waals surface area contributed by atoms with E-state index in [1.807, 2.05) is 48.7 Å². The fourth-order valence-corrected chi connectivity index (χ4v) is 2.28. The van der Waals surface area contributed by atoms with Crippen molar-refractivity contribution in [1.29, 1.82) is 0 Å². The summed E-state index contributed by atoms with van der Waals surface area (Å²) in [5, 5.41) is 1.01. The molecule has 3 aromatic rings. The number of hydrogen-bond acceptors (Lipinski definition) is 4. The number of carbonyl (C=O) groups is 1. The average molecular weight is 307 g/mol. The Labute approximate surface area is 134 Å². The van der Waals surface area contributed by atoms with Crippen LogP contribution in [0, 0.1) is 0 Å². The monoisotopic (exact) mass is 307 g/mol. The first-order valence-corrected chi connectivity index (χ1v) is 7.53. The molecule has 4 heteroatoms. The molecule has 0 atom stereocenters.